The van der Waals surface area contributed by atoms with Crippen LogP contribution in [0, 0.1) is 5.92 Å². The quantitative estimate of drug-likeness (QED) is 0.615. The summed E-state index contributed by atoms with van der Waals surface area (Å²) >= 11 is 0. The van der Waals surface area contributed by atoms with Gasteiger partial charge < -0.3 is 15.1 Å². The smallest absolute Gasteiger partial charge is 0.407 e. The van der Waals surface area contributed by atoms with Gasteiger partial charge in [-0.2, -0.15) is 0 Å². The van der Waals surface area contributed by atoms with Gasteiger partial charge in [0.1, 0.15) is 0 Å². The number of likely N-dealkylation sites (tertiary alicyclic amines) is 1. The first kappa shape index (κ1) is 9.32. The summed E-state index contributed by atoms with van der Waals surface area (Å²) in [5.41, 5.74) is 0. The van der Waals surface area contributed by atoms with Gasteiger partial charge in [0.05, 0.1) is 6.10 Å². The van der Waals surface area contributed by atoms with Gasteiger partial charge in [0.25, 0.3) is 0 Å². The van der Waals surface area contributed by atoms with E-state index in [1.165, 1.54) is 4.90 Å². The predicted molar refractivity (Wildman–Crippen MR) is 44.0 cm³/mol. The van der Waals surface area contributed by atoms with E-state index in [0.29, 0.717) is 13.1 Å². The van der Waals surface area contributed by atoms with Crippen molar-refractivity contribution in [1.29, 1.82) is 0 Å². The van der Waals surface area contributed by atoms with Gasteiger partial charge in [0, 0.05) is 19.0 Å². The van der Waals surface area contributed by atoms with Crippen LogP contribution in [0.5, 0.6) is 0 Å². The van der Waals surface area contributed by atoms with Crippen LogP contribution in [0.2, 0.25) is 0 Å². The molecule has 70 valence electrons. The van der Waals surface area contributed by atoms with Crippen molar-refractivity contribution in [3.05, 3.63) is 0 Å². The highest BCUT2D eigenvalue weighted by molar-refractivity contribution is 5.65. The molecule has 1 amide bonds. The van der Waals surface area contributed by atoms with E-state index >= 15 is 0 Å². The molecule has 2 unspecified atom stereocenters. The number of aliphatic hydroxyl groups excluding tert-OH is 1. The molecule has 2 N–H and O–H groups in total. The van der Waals surface area contributed by atoms with E-state index in [1.54, 1.807) is 6.92 Å². The molecule has 0 bridgehead atoms. The SMILES string of the molecule is CC(O)C1CCCN(C(=O)O)C1. The van der Waals surface area contributed by atoms with Crippen molar-refractivity contribution in [2.75, 3.05) is 13.1 Å². The van der Waals surface area contributed by atoms with Crippen molar-refractivity contribution in [2.45, 2.75) is 25.9 Å². The highest BCUT2D eigenvalue weighted by atomic mass is 16.4. The van der Waals surface area contributed by atoms with Crippen LogP contribution in [0.15, 0.2) is 0 Å². The van der Waals surface area contributed by atoms with Crippen molar-refractivity contribution >= 4 is 6.09 Å². The Bertz CT molecular complexity index is 170. The Balaban J connectivity index is 2.46. The maximum absolute atomic E-state index is 10.6. The molecule has 0 saturated carbocycles. The molecule has 12 heavy (non-hydrogen) atoms. The molecule has 0 radical (unpaired) electrons. The van der Waals surface area contributed by atoms with E-state index in [9.17, 15) is 9.90 Å². The number of piperidine rings is 1. The van der Waals surface area contributed by atoms with E-state index in [-0.39, 0.29) is 5.92 Å². The molecule has 1 heterocycles. The van der Waals surface area contributed by atoms with E-state index < -0.39 is 12.2 Å². The number of hydrogen-bond acceptors (Lipinski definition) is 2. The number of carboxylic acid groups (broad SMARTS) is 1. The summed E-state index contributed by atoms with van der Waals surface area (Å²) in [5.74, 6) is 0.120. The predicted octanol–water partition coefficient (Wildman–Crippen LogP) is 0.757. The lowest BCUT2D eigenvalue weighted by Gasteiger charge is -2.32. The van der Waals surface area contributed by atoms with Crippen LogP contribution in [-0.2, 0) is 0 Å². The Labute approximate surface area is 71.8 Å². The molecule has 1 fully saturated rings. The maximum Gasteiger partial charge on any atom is 0.407 e. The number of hydrogen-bond donors (Lipinski definition) is 2. The topological polar surface area (TPSA) is 60.8 Å². The normalized spacial score (nSPS) is 26.8. The molecule has 2 atom stereocenters. The van der Waals surface area contributed by atoms with Crippen LogP contribution < -0.4 is 0 Å². The molecule has 0 aromatic rings. The Kier molecular flexibility index (Phi) is 2.92. The monoisotopic (exact) mass is 173 g/mol. The third-order valence-corrected chi connectivity index (χ3v) is 2.41. The number of rotatable bonds is 1. The maximum atomic E-state index is 10.6. The first-order chi connectivity index (χ1) is 5.61. The van der Waals surface area contributed by atoms with Gasteiger partial charge in [0.2, 0.25) is 0 Å². The molecule has 0 aliphatic carbocycles. The molecule has 0 spiro atoms. The van der Waals surface area contributed by atoms with Gasteiger partial charge in [-0.25, -0.2) is 4.79 Å². The number of nitrogens with zero attached hydrogens (tertiary/aromatic N) is 1. The van der Waals surface area contributed by atoms with Crippen molar-refractivity contribution in [3.8, 4) is 0 Å². The first-order valence-corrected chi connectivity index (χ1v) is 4.27. The first-order valence-electron chi connectivity index (χ1n) is 4.27. The zero-order chi connectivity index (χ0) is 9.14. The fraction of sp³-hybridized carbons (Fsp3) is 0.875. The molecule has 1 saturated heterocycles. The fourth-order valence-corrected chi connectivity index (χ4v) is 1.58. The van der Waals surface area contributed by atoms with Crippen LogP contribution in [0.25, 0.3) is 0 Å². The van der Waals surface area contributed by atoms with Gasteiger partial charge in [0.15, 0.2) is 0 Å². The molecular formula is C8H15NO3. The Hall–Kier alpha value is -0.770. The second-order valence-electron chi connectivity index (χ2n) is 3.37. The Morgan fingerprint density at radius 3 is 2.83 bits per heavy atom. The van der Waals surface area contributed by atoms with E-state index in [0.717, 1.165) is 12.8 Å². The average molecular weight is 173 g/mol. The summed E-state index contributed by atoms with van der Waals surface area (Å²) < 4.78 is 0. The van der Waals surface area contributed by atoms with Crippen LogP contribution in [0.3, 0.4) is 0 Å². The van der Waals surface area contributed by atoms with Crippen LogP contribution in [0.4, 0.5) is 4.79 Å². The summed E-state index contributed by atoms with van der Waals surface area (Å²) in [6.07, 6.45) is 0.524. The molecule has 4 nitrogen and oxygen atoms in total. The molecule has 0 aromatic heterocycles. The van der Waals surface area contributed by atoms with Gasteiger partial charge in [-0.3, -0.25) is 0 Å². The molecular weight excluding hydrogens is 158 g/mol. The zero-order valence-electron chi connectivity index (χ0n) is 7.23. The van der Waals surface area contributed by atoms with Crippen molar-refractivity contribution < 1.29 is 15.0 Å². The zero-order valence-corrected chi connectivity index (χ0v) is 7.23. The lowest BCUT2D eigenvalue weighted by atomic mass is 9.94. The van der Waals surface area contributed by atoms with Gasteiger partial charge in [-0.05, 0) is 19.8 Å². The molecule has 1 aliphatic heterocycles. The summed E-state index contributed by atoms with van der Waals surface area (Å²) in [7, 11) is 0. The second kappa shape index (κ2) is 3.76. The van der Waals surface area contributed by atoms with Crippen LogP contribution in [0.1, 0.15) is 19.8 Å². The van der Waals surface area contributed by atoms with Crippen molar-refractivity contribution in [1.82, 2.24) is 4.90 Å². The largest absolute Gasteiger partial charge is 0.465 e. The summed E-state index contributed by atoms with van der Waals surface area (Å²) in [4.78, 5) is 11.9. The van der Waals surface area contributed by atoms with Crippen molar-refractivity contribution in [2.24, 2.45) is 5.92 Å². The highest BCUT2D eigenvalue weighted by Gasteiger charge is 2.25. The molecule has 1 rings (SSSR count). The molecule has 1 aliphatic rings. The minimum atomic E-state index is -0.875. The van der Waals surface area contributed by atoms with Crippen LogP contribution in [-0.4, -0.2) is 40.4 Å². The lowest BCUT2D eigenvalue weighted by molar-refractivity contribution is 0.0611. The van der Waals surface area contributed by atoms with Gasteiger partial charge in [-0.15, -0.1) is 0 Å². The van der Waals surface area contributed by atoms with Gasteiger partial charge >= 0.3 is 6.09 Å². The lowest BCUT2D eigenvalue weighted by Crippen LogP contribution is -2.42. The van der Waals surface area contributed by atoms with Gasteiger partial charge in [-0.1, -0.05) is 0 Å². The van der Waals surface area contributed by atoms with Crippen LogP contribution >= 0.6 is 0 Å². The van der Waals surface area contributed by atoms with Crippen molar-refractivity contribution in [3.63, 3.8) is 0 Å². The molecule has 0 aromatic carbocycles. The minimum absolute atomic E-state index is 0.120. The van der Waals surface area contributed by atoms with E-state index in [1.807, 2.05) is 0 Å². The minimum Gasteiger partial charge on any atom is -0.465 e. The molecule has 4 heteroatoms. The summed E-state index contributed by atoms with van der Waals surface area (Å²) in [5, 5.41) is 17.9. The van der Waals surface area contributed by atoms with E-state index in [4.69, 9.17) is 5.11 Å². The third-order valence-electron chi connectivity index (χ3n) is 2.41. The number of aliphatic hydroxyl groups is 1. The fourth-order valence-electron chi connectivity index (χ4n) is 1.58. The standard InChI is InChI=1S/C8H15NO3/c1-6(10)7-3-2-4-9(5-7)8(11)12/h6-7,10H,2-5H2,1H3,(H,11,12). The highest BCUT2D eigenvalue weighted by Crippen LogP contribution is 2.19. The summed E-state index contributed by atoms with van der Waals surface area (Å²) in [6.45, 7) is 2.81. The Morgan fingerprint density at radius 1 is 1.67 bits per heavy atom. The average Bonchev–Trinajstić information content (AvgIpc) is 2.04. The Morgan fingerprint density at radius 2 is 2.33 bits per heavy atom. The second-order valence-corrected chi connectivity index (χ2v) is 3.37. The number of carbonyl (C=O) groups is 1. The third kappa shape index (κ3) is 2.11. The van der Waals surface area contributed by atoms with E-state index in [2.05, 4.69) is 0 Å². The summed E-state index contributed by atoms with van der Waals surface area (Å²) in [6, 6.07) is 0. The number of amides is 1.